The highest BCUT2D eigenvalue weighted by Crippen LogP contribution is 2.18. The second-order valence-corrected chi connectivity index (χ2v) is 5.02. The topological polar surface area (TPSA) is 49.6 Å². The molecule has 1 heterocycles. The zero-order valence-corrected chi connectivity index (χ0v) is 15.3. The minimum atomic E-state index is 0. The molecule has 4 nitrogen and oxygen atoms in total. The number of halogens is 1. The molecule has 5 heteroatoms. The molecular formula is C18H20IN3O. The molecule has 0 bridgehead atoms. The van der Waals surface area contributed by atoms with Crippen LogP contribution in [-0.4, -0.2) is 13.0 Å². The minimum Gasteiger partial charge on any atom is -0.459 e. The summed E-state index contributed by atoms with van der Waals surface area (Å²) in [5, 5.41) is 7.67. The fraction of sp³-hybridized carbons (Fsp3) is 0.167. The molecule has 0 aliphatic carbocycles. The summed E-state index contributed by atoms with van der Waals surface area (Å²) >= 11 is 0. The summed E-state index contributed by atoms with van der Waals surface area (Å²) in [6.45, 7) is 1.34. The lowest BCUT2D eigenvalue weighted by Gasteiger charge is -2.10. The lowest BCUT2D eigenvalue weighted by atomic mass is 10.2. The normalized spacial score (nSPS) is 11.1. The van der Waals surface area contributed by atoms with Crippen LogP contribution in [0.5, 0.6) is 0 Å². The molecule has 0 unspecified atom stereocenters. The lowest BCUT2D eigenvalue weighted by Crippen LogP contribution is -2.36. The van der Waals surface area contributed by atoms with Crippen LogP contribution in [0.1, 0.15) is 11.3 Å². The Balaban J connectivity index is 0.00000192. The smallest absolute Gasteiger partial charge is 0.191 e. The van der Waals surface area contributed by atoms with E-state index in [1.165, 1.54) is 5.56 Å². The standard InChI is InChI=1S/C18H19N3O.HI/c1-19-18(20-12-14-7-3-2-4-8-14)21-13-16-11-15-9-5-6-10-17(15)22-16;/h2-11H,12-13H2,1H3,(H2,19,20,21);1H. The number of furan rings is 1. The summed E-state index contributed by atoms with van der Waals surface area (Å²) in [5.74, 6) is 1.65. The summed E-state index contributed by atoms with van der Waals surface area (Å²) in [5.41, 5.74) is 2.13. The average molecular weight is 421 g/mol. The van der Waals surface area contributed by atoms with Crippen LogP contribution >= 0.6 is 24.0 Å². The van der Waals surface area contributed by atoms with E-state index in [-0.39, 0.29) is 24.0 Å². The largest absolute Gasteiger partial charge is 0.459 e. The van der Waals surface area contributed by atoms with Gasteiger partial charge >= 0.3 is 0 Å². The molecule has 0 atom stereocenters. The van der Waals surface area contributed by atoms with E-state index in [1.54, 1.807) is 7.05 Å². The van der Waals surface area contributed by atoms with Crippen molar-refractivity contribution in [3.8, 4) is 0 Å². The van der Waals surface area contributed by atoms with Gasteiger partial charge in [0.1, 0.15) is 11.3 Å². The summed E-state index contributed by atoms with van der Waals surface area (Å²) < 4.78 is 5.78. The number of aliphatic imine (C=N–C) groups is 1. The first-order valence-corrected chi connectivity index (χ1v) is 7.31. The van der Waals surface area contributed by atoms with Crippen LogP contribution in [0, 0.1) is 0 Å². The number of nitrogens with zero attached hydrogens (tertiary/aromatic N) is 1. The maximum absolute atomic E-state index is 5.78. The van der Waals surface area contributed by atoms with Crippen molar-refractivity contribution < 1.29 is 4.42 Å². The molecule has 0 amide bonds. The molecule has 3 aromatic rings. The van der Waals surface area contributed by atoms with E-state index >= 15 is 0 Å². The van der Waals surface area contributed by atoms with Crippen molar-refractivity contribution in [1.82, 2.24) is 10.6 Å². The molecule has 120 valence electrons. The summed E-state index contributed by atoms with van der Waals surface area (Å²) in [4.78, 5) is 4.22. The number of nitrogens with one attached hydrogen (secondary N) is 2. The van der Waals surface area contributed by atoms with Gasteiger partial charge in [0, 0.05) is 19.0 Å². The lowest BCUT2D eigenvalue weighted by molar-refractivity contribution is 0.538. The van der Waals surface area contributed by atoms with E-state index in [1.807, 2.05) is 48.5 Å². The highest BCUT2D eigenvalue weighted by molar-refractivity contribution is 14.0. The van der Waals surface area contributed by atoms with E-state index in [2.05, 4.69) is 27.8 Å². The van der Waals surface area contributed by atoms with Crippen LogP contribution in [0.3, 0.4) is 0 Å². The van der Waals surface area contributed by atoms with Gasteiger partial charge in [0.2, 0.25) is 0 Å². The molecule has 2 aromatic carbocycles. The zero-order chi connectivity index (χ0) is 15.2. The zero-order valence-electron chi connectivity index (χ0n) is 13.0. The minimum absolute atomic E-state index is 0. The number of hydrogen-bond acceptors (Lipinski definition) is 2. The van der Waals surface area contributed by atoms with E-state index in [0.717, 1.165) is 29.2 Å². The highest BCUT2D eigenvalue weighted by atomic mass is 127. The molecule has 0 fully saturated rings. The predicted octanol–water partition coefficient (Wildman–Crippen LogP) is 3.92. The molecule has 0 radical (unpaired) electrons. The summed E-state index contributed by atoms with van der Waals surface area (Å²) in [6, 6.07) is 20.3. The molecule has 0 aliphatic heterocycles. The van der Waals surface area contributed by atoms with Crippen LogP contribution in [0.2, 0.25) is 0 Å². The van der Waals surface area contributed by atoms with Crippen molar-refractivity contribution in [3.63, 3.8) is 0 Å². The monoisotopic (exact) mass is 421 g/mol. The van der Waals surface area contributed by atoms with E-state index < -0.39 is 0 Å². The van der Waals surface area contributed by atoms with Crippen molar-refractivity contribution in [2.75, 3.05) is 7.05 Å². The second kappa shape index (κ2) is 8.57. The average Bonchev–Trinajstić information content (AvgIpc) is 2.99. The third-order valence-electron chi connectivity index (χ3n) is 3.43. The van der Waals surface area contributed by atoms with Gasteiger partial charge in [-0.25, -0.2) is 0 Å². The van der Waals surface area contributed by atoms with Gasteiger partial charge in [0.05, 0.1) is 6.54 Å². The Bertz CT molecular complexity index is 735. The van der Waals surface area contributed by atoms with Crippen LogP contribution in [0.25, 0.3) is 11.0 Å². The maximum Gasteiger partial charge on any atom is 0.191 e. The van der Waals surface area contributed by atoms with Crippen LogP contribution in [0.15, 0.2) is 70.1 Å². The molecule has 3 rings (SSSR count). The molecule has 2 N–H and O–H groups in total. The number of rotatable bonds is 4. The molecule has 0 aliphatic rings. The van der Waals surface area contributed by atoms with Crippen molar-refractivity contribution in [3.05, 3.63) is 72.0 Å². The van der Waals surface area contributed by atoms with Crippen LogP contribution < -0.4 is 10.6 Å². The third kappa shape index (κ3) is 4.72. The predicted molar refractivity (Wildman–Crippen MR) is 105 cm³/mol. The molecule has 0 spiro atoms. The first-order chi connectivity index (χ1) is 10.8. The van der Waals surface area contributed by atoms with E-state index in [4.69, 9.17) is 4.42 Å². The Labute approximate surface area is 153 Å². The van der Waals surface area contributed by atoms with Gasteiger partial charge < -0.3 is 15.1 Å². The summed E-state index contributed by atoms with van der Waals surface area (Å²) in [7, 11) is 1.76. The van der Waals surface area contributed by atoms with Crippen molar-refractivity contribution in [2.24, 2.45) is 4.99 Å². The Morgan fingerprint density at radius 2 is 1.65 bits per heavy atom. The van der Waals surface area contributed by atoms with Gasteiger partial charge in [-0.05, 0) is 17.7 Å². The maximum atomic E-state index is 5.78. The van der Waals surface area contributed by atoms with Crippen LogP contribution in [0.4, 0.5) is 0 Å². The van der Waals surface area contributed by atoms with Gasteiger partial charge in [-0.15, -0.1) is 24.0 Å². The molecule has 0 saturated heterocycles. The molecule has 23 heavy (non-hydrogen) atoms. The molecule has 1 aromatic heterocycles. The van der Waals surface area contributed by atoms with Crippen LogP contribution in [-0.2, 0) is 13.1 Å². The fourth-order valence-corrected chi connectivity index (χ4v) is 2.30. The Morgan fingerprint density at radius 3 is 2.39 bits per heavy atom. The summed E-state index contributed by atoms with van der Waals surface area (Å²) in [6.07, 6.45) is 0. The second-order valence-electron chi connectivity index (χ2n) is 5.02. The highest BCUT2D eigenvalue weighted by Gasteiger charge is 2.04. The van der Waals surface area contributed by atoms with E-state index in [0.29, 0.717) is 6.54 Å². The molecule has 0 saturated carbocycles. The van der Waals surface area contributed by atoms with E-state index in [9.17, 15) is 0 Å². The molecular weight excluding hydrogens is 401 g/mol. The fourth-order valence-electron chi connectivity index (χ4n) is 2.30. The van der Waals surface area contributed by atoms with Gasteiger partial charge in [-0.3, -0.25) is 4.99 Å². The Kier molecular flexibility index (Phi) is 6.46. The van der Waals surface area contributed by atoms with Gasteiger partial charge in [-0.1, -0.05) is 48.5 Å². The number of guanidine groups is 1. The van der Waals surface area contributed by atoms with Gasteiger partial charge in [-0.2, -0.15) is 0 Å². The van der Waals surface area contributed by atoms with Crippen molar-refractivity contribution in [1.29, 1.82) is 0 Å². The number of benzene rings is 2. The van der Waals surface area contributed by atoms with Crippen molar-refractivity contribution in [2.45, 2.75) is 13.1 Å². The Hall–Kier alpha value is -2.02. The van der Waals surface area contributed by atoms with Crippen molar-refractivity contribution >= 4 is 40.9 Å². The Morgan fingerprint density at radius 1 is 0.957 bits per heavy atom. The number of fused-ring (bicyclic) bond motifs is 1. The third-order valence-corrected chi connectivity index (χ3v) is 3.43. The van der Waals surface area contributed by atoms with Gasteiger partial charge in [0.25, 0.3) is 0 Å². The SMILES string of the molecule is CN=C(NCc1ccccc1)NCc1cc2ccccc2o1.I. The first-order valence-electron chi connectivity index (χ1n) is 7.31. The van der Waals surface area contributed by atoms with Gasteiger partial charge in [0.15, 0.2) is 5.96 Å². The first kappa shape index (κ1) is 17.3. The number of hydrogen-bond donors (Lipinski definition) is 2. The number of para-hydroxylation sites is 1. The quantitative estimate of drug-likeness (QED) is 0.382.